The molecule has 1 unspecified atom stereocenters. The molecule has 2 heterocycles. The monoisotopic (exact) mass is 367 g/mol. The van der Waals surface area contributed by atoms with E-state index in [0.717, 1.165) is 0 Å². The summed E-state index contributed by atoms with van der Waals surface area (Å²) in [6.45, 7) is 6.73. The average Bonchev–Trinajstić information content (AvgIpc) is 2.96. The van der Waals surface area contributed by atoms with Crippen LogP contribution in [0.25, 0.3) is 11.2 Å². The number of aromatic amines is 1. The largest absolute Gasteiger partial charge is 0.466 e. The minimum atomic E-state index is -0.415. The summed E-state index contributed by atoms with van der Waals surface area (Å²) < 4.78 is 18.1. The Hall–Kier alpha value is -2.46. The number of nitrogens with one attached hydrogen (secondary N) is 1. The molecule has 3 N–H and O–H groups in total. The molecule has 0 bridgehead atoms. The Morgan fingerprint density at radius 1 is 1.35 bits per heavy atom. The molecule has 10 nitrogen and oxygen atoms in total. The fourth-order valence-electron chi connectivity index (χ4n) is 2.64. The molecular formula is C16H25N5O5. The number of aromatic nitrogens is 4. The first-order valence-corrected chi connectivity index (χ1v) is 8.51. The van der Waals surface area contributed by atoms with E-state index in [1.54, 1.807) is 4.57 Å². The van der Waals surface area contributed by atoms with Crippen molar-refractivity contribution in [3.8, 4) is 0 Å². The molecular weight excluding hydrogens is 342 g/mol. The van der Waals surface area contributed by atoms with E-state index in [9.17, 15) is 9.59 Å². The summed E-state index contributed by atoms with van der Waals surface area (Å²) in [4.78, 5) is 33.8. The van der Waals surface area contributed by atoms with Crippen molar-refractivity contribution in [3.05, 3.63) is 16.7 Å². The number of carbonyl (C=O) groups excluding carboxylic acids is 1. The third-order valence-corrected chi connectivity index (χ3v) is 3.70. The van der Waals surface area contributed by atoms with E-state index in [0.29, 0.717) is 31.8 Å². The molecule has 1 atom stereocenters. The van der Waals surface area contributed by atoms with Gasteiger partial charge in [0.25, 0.3) is 5.56 Å². The number of ether oxygens (including phenoxy) is 3. The number of hydrogen-bond acceptors (Lipinski definition) is 8. The predicted molar refractivity (Wildman–Crippen MR) is 94.3 cm³/mol. The SMILES string of the molecule is CCOC(CC(COC(C)=O)Cn1cnc2c(=O)[nH]c(N)nc21)OCC. The quantitative estimate of drug-likeness (QED) is 0.462. The first kappa shape index (κ1) is 19.9. The van der Waals surface area contributed by atoms with Crippen LogP contribution in [0.4, 0.5) is 5.95 Å². The van der Waals surface area contributed by atoms with Crippen LogP contribution in [0.1, 0.15) is 27.2 Å². The van der Waals surface area contributed by atoms with Crippen LogP contribution in [0.15, 0.2) is 11.1 Å². The van der Waals surface area contributed by atoms with Gasteiger partial charge in [-0.3, -0.25) is 14.6 Å². The number of nitrogens with two attached hydrogens (primary N) is 1. The second-order valence-electron chi connectivity index (χ2n) is 5.76. The summed E-state index contributed by atoms with van der Waals surface area (Å²) in [5.74, 6) is -0.474. The Morgan fingerprint density at radius 2 is 2.04 bits per heavy atom. The summed E-state index contributed by atoms with van der Waals surface area (Å²) in [6, 6.07) is 0. The Labute approximate surface area is 150 Å². The molecule has 10 heteroatoms. The summed E-state index contributed by atoms with van der Waals surface area (Å²) in [6.07, 6.45) is 1.61. The fourth-order valence-corrected chi connectivity index (χ4v) is 2.64. The van der Waals surface area contributed by atoms with Gasteiger partial charge in [0.2, 0.25) is 5.95 Å². The number of anilines is 1. The van der Waals surface area contributed by atoms with Crippen molar-refractivity contribution in [1.29, 1.82) is 0 Å². The van der Waals surface area contributed by atoms with Crippen LogP contribution >= 0.6 is 0 Å². The van der Waals surface area contributed by atoms with Crippen molar-refractivity contribution in [1.82, 2.24) is 19.5 Å². The first-order valence-electron chi connectivity index (χ1n) is 8.51. The maximum Gasteiger partial charge on any atom is 0.302 e. The Morgan fingerprint density at radius 3 is 2.65 bits per heavy atom. The number of nitrogens with zero attached hydrogens (tertiary/aromatic N) is 3. The molecule has 0 aliphatic carbocycles. The molecule has 0 aliphatic heterocycles. The lowest BCUT2D eigenvalue weighted by Gasteiger charge is -2.23. The molecule has 0 aromatic carbocycles. The van der Waals surface area contributed by atoms with Crippen LogP contribution < -0.4 is 11.3 Å². The number of H-pyrrole nitrogens is 1. The summed E-state index contributed by atoms with van der Waals surface area (Å²) in [7, 11) is 0. The maximum absolute atomic E-state index is 11.9. The van der Waals surface area contributed by atoms with Crippen LogP contribution in [0.2, 0.25) is 0 Å². The number of carbonyl (C=O) groups is 1. The van der Waals surface area contributed by atoms with Crippen LogP contribution in [0.3, 0.4) is 0 Å². The second kappa shape index (κ2) is 9.30. The van der Waals surface area contributed by atoms with Crippen molar-refractivity contribution in [3.63, 3.8) is 0 Å². The first-order chi connectivity index (χ1) is 12.4. The molecule has 0 saturated carbocycles. The number of hydrogen-bond donors (Lipinski definition) is 2. The molecule has 0 spiro atoms. The third kappa shape index (κ3) is 5.27. The van der Waals surface area contributed by atoms with Crippen LogP contribution in [0, 0.1) is 5.92 Å². The van der Waals surface area contributed by atoms with Crippen LogP contribution in [-0.2, 0) is 25.5 Å². The van der Waals surface area contributed by atoms with Crippen molar-refractivity contribution in [2.45, 2.75) is 40.0 Å². The van der Waals surface area contributed by atoms with Gasteiger partial charge in [-0.1, -0.05) is 0 Å². The Kier molecular flexibility index (Phi) is 7.10. The van der Waals surface area contributed by atoms with E-state index in [2.05, 4.69) is 15.0 Å². The third-order valence-electron chi connectivity index (χ3n) is 3.70. The van der Waals surface area contributed by atoms with E-state index >= 15 is 0 Å². The van der Waals surface area contributed by atoms with Crippen LogP contribution in [0.5, 0.6) is 0 Å². The van der Waals surface area contributed by atoms with E-state index in [4.69, 9.17) is 19.9 Å². The van der Waals surface area contributed by atoms with Gasteiger partial charge in [-0.2, -0.15) is 4.98 Å². The lowest BCUT2D eigenvalue weighted by Crippen LogP contribution is -2.27. The smallest absolute Gasteiger partial charge is 0.302 e. The highest BCUT2D eigenvalue weighted by Gasteiger charge is 2.21. The molecule has 26 heavy (non-hydrogen) atoms. The van der Waals surface area contributed by atoms with Crippen molar-refractivity contribution < 1.29 is 19.0 Å². The van der Waals surface area contributed by atoms with Gasteiger partial charge in [0, 0.05) is 39.0 Å². The molecule has 2 rings (SSSR count). The second-order valence-corrected chi connectivity index (χ2v) is 5.76. The highest BCUT2D eigenvalue weighted by Crippen LogP contribution is 2.17. The maximum atomic E-state index is 11.9. The lowest BCUT2D eigenvalue weighted by atomic mass is 10.1. The number of nitrogen functional groups attached to an aromatic ring is 1. The van der Waals surface area contributed by atoms with E-state index in [1.807, 2.05) is 13.8 Å². The van der Waals surface area contributed by atoms with Gasteiger partial charge in [-0.15, -0.1) is 0 Å². The zero-order valence-electron chi connectivity index (χ0n) is 15.2. The van der Waals surface area contributed by atoms with Gasteiger partial charge in [-0.05, 0) is 13.8 Å². The molecule has 0 saturated heterocycles. The summed E-state index contributed by atoms with van der Waals surface area (Å²) in [5, 5.41) is 0. The van der Waals surface area contributed by atoms with Crippen molar-refractivity contribution in [2.24, 2.45) is 5.92 Å². The predicted octanol–water partition coefficient (Wildman–Crippen LogP) is 0.670. The number of fused-ring (bicyclic) bond motifs is 1. The molecule has 144 valence electrons. The lowest BCUT2D eigenvalue weighted by molar-refractivity contribution is -0.156. The van der Waals surface area contributed by atoms with Gasteiger partial charge >= 0.3 is 5.97 Å². The Bertz CT molecular complexity index is 781. The number of imidazole rings is 1. The Balaban J connectivity index is 2.22. The average molecular weight is 367 g/mol. The molecule has 2 aromatic heterocycles. The minimum absolute atomic E-state index is 0.0160. The highest BCUT2D eigenvalue weighted by molar-refractivity contribution is 5.70. The van der Waals surface area contributed by atoms with Gasteiger partial charge in [0.05, 0.1) is 12.9 Å². The molecule has 0 fully saturated rings. The van der Waals surface area contributed by atoms with Crippen molar-refractivity contribution in [2.75, 3.05) is 25.6 Å². The molecule has 0 radical (unpaired) electrons. The summed E-state index contributed by atoms with van der Waals surface area (Å²) in [5.41, 5.74) is 5.81. The van der Waals surface area contributed by atoms with Crippen molar-refractivity contribution >= 4 is 23.1 Å². The van der Waals surface area contributed by atoms with E-state index < -0.39 is 11.8 Å². The zero-order chi connectivity index (χ0) is 19.1. The van der Waals surface area contributed by atoms with E-state index in [-0.39, 0.29) is 30.0 Å². The number of rotatable bonds is 10. The zero-order valence-corrected chi connectivity index (χ0v) is 15.2. The topological polar surface area (TPSA) is 134 Å². The minimum Gasteiger partial charge on any atom is -0.466 e. The summed E-state index contributed by atoms with van der Waals surface area (Å²) >= 11 is 0. The molecule has 0 amide bonds. The fraction of sp³-hybridized carbons (Fsp3) is 0.625. The van der Waals surface area contributed by atoms with Gasteiger partial charge in [0.15, 0.2) is 17.5 Å². The van der Waals surface area contributed by atoms with Gasteiger partial charge < -0.3 is 24.5 Å². The highest BCUT2D eigenvalue weighted by atomic mass is 16.7. The van der Waals surface area contributed by atoms with E-state index in [1.165, 1.54) is 13.3 Å². The van der Waals surface area contributed by atoms with Gasteiger partial charge in [-0.25, -0.2) is 4.98 Å². The molecule has 0 aliphatic rings. The van der Waals surface area contributed by atoms with Crippen LogP contribution in [-0.4, -0.2) is 51.6 Å². The molecule has 2 aromatic rings. The van der Waals surface area contributed by atoms with Gasteiger partial charge in [0.1, 0.15) is 0 Å². The number of esters is 1. The standard InChI is InChI=1S/C16H25N5O5/c1-4-24-12(25-5-2)6-11(8-26-10(3)22)7-21-9-18-13-14(21)19-16(17)20-15(13)23/h9,11-12H,4-8H2,1-3H3,(H3,17,19,20,23). The normalized spacial score (nSPS) is 12.6.